The molecule has 1 saturated heterocycles. The van der Waals surface area contributed by atoms with E-state index < -0.39 is 0 Å². The van der Waals surface area contributed by atoms with Crippen molar-refractivity contribution in [1.29, 1.82) is 0 Å². The van der Waals surface area contributed by atoms with Gasteiger partial charge in [-0.15, -0.1) is 11.3 Å². The van der Waals surface area contributed by atoms with Crippen LogP contribution in [0.3, 0.4) is 0 Å². The Bertz CT molecular complexity index is 1050. The van der Waals surface area contributed by atoms with E-state index in [1.807, 2.05) is 0 Å². The van der Waals surface area contributed by atoms with Gasteiger partial charge in [-0.3, -0.25) is 14.4 Å². The highest BCUT2D eigenvalue weighted by Crippen LogP contribution is 2.26. The fourth-order valence-corrected chi connectivity index (χ4v) is 4.12. The van der Waals surface area contributed by atoms with E-state index in [0.717, 1.165) is 0 Å². The van der Waals surface area contributed by atoms with Crippen LogP contribution in [0.25, 0.3) is 0 Å². The Morgan fingerprint density at radius 1 is 1.17 bits per heavy atom. The van der Waals surface area contributed by atoms with E-state index in [1.165, 1.54) is 17.6 Å². The molecule has 156 valence electrons. The third kappa shape index (κ3) is 4.43. The smallest absolute Gasteiger partial charge is 0.291 e. The third-order valence-corrected chi connectivity index (χ3v) is 5.82. The van der Waals surface area contributed by atoms with Gasteiger partial charge in [0.25, 0.3) is 11.8 Å². The topological polar surface area (TPSA) is 118 Å². The number of carbonyl (C=O) groups excluding carboxylic acids is 3. The van der Waals surface area contributed by atoms with Crippen molar-refractivity contribution < 1.29 is 23.3 Å². The van der Waals surface area contributed by atoms with Crippen molar-refractivity contribution in [2.45, 2.75) is 19.8 Å². The highest BCUT2D eigenvalue weighted by Gasteiger charge is 2.29. The maximum Gasteiger partial charge on any atom is 0.291 e. The van der Waals surface area contributed by atoms with Crippen LogP contribution in [0.15, 0.2) is 45.5 Å². The minimum atomic E-state index is -0.366. The molecule has 9 nitrogen and oxygen atoms in total. The van der Waals surface area contributed by atoms with Crippen LogP contribution in [0.1, 0.15) is 38.8 Å². The van der Waals surface area contributed by atoms with E-state index in [0.29, 0.717) is 47.4 Å². The van der Waals surface area contributed by atoms with Crippen molar-refractivity contribution in [2.24, 2.45) is 5.92 Å². The van der Waals surface area contributed by atoms with Crippen molar-refractivity contribution in [3.63, 3.8) is 0 Å². The summed E-state index contributed by atoms with van der Waals surface area (Å²) >= 11 is 1.21. The maximum atomic E-state index is 12.8. The summed E-state index contributed by atoms with van der Waals surface area (Å²) in [6.45, 7) is 2.73. The lowest BCUT2D eigenvalue weighted by Crippen LogP contribution is -2.41. The Morgan fingerprint density at radius 3 is 2.63 bits per heavy atom. The van der Waals surface area contributed by atoms with E-state index in [1.54, 1.807) is 42.2 Å². The van der Waals surface area contributed by atoms with Crippen LogP contribution in [0.4, 0.5) is 10.8 Å². The van der Waals surface area contributed by atoms with E-state index >= 15 is 0 Å². The van der Waals surface area contributed by atoms with Gasteiger partial charge in [0.1, 0.15) is 5.76 Å². The lowest BCUT2D eigenvalue weighted by atomic mass is 9.96. The minimum absolute atomic E-state index is 0.107. The highest BCUT2D eigenvalue weighted by molar-refractivity contribution is 7.18. The zero-order valence-electron chi connectivity index (χ0n) is 16.2. The molecule has 4 heterocycles. The summed E-state index contributed by atoms with van der Waals surface area (Å²) in [5.41, 5.74) is 0. The molecule has 0 bridgehead atoms. The number of rotatable bonds is 5. The molecule has 0 atom stereocenters. The van der Waals surface area contributed by atoms with Gasteiger partial charge in [-0.1, -0.05) is 5.16 Å². The van der Waals surface area contributed by atoms with Crippen LogP contribution in [-0.2, 0) is 4.79 Å². The monoisotopic (exact) mass is 428 g/mol. The second kappa shape index (κ2) is 8.54. The molecular formula is C20H20N4O5S. The summed E-state index contributed by atoms with van der Waals surface area (Å²) in [6.07, 6.45) is 2.57. The molecule has 1 aliphatic rings. The Morgan fingerprint density at radius 2 is 1.97 bits per heavy atom. The van der Waals surface area contributed by atoms with Crippen molar-refractivity contribution in [2.75, 3.05) is 23.7 Å². The maximum absolute atomic E-state index is 12.8. The highest BCUT2D eigenvalue weighted by atomic mass is 32.1. The van der Waals surface area contributed by atoms with E-state index in [9.17, 15) is 14.4 Å². The lowest BCUT2D eigenvalue weighted by molar-refractivity contribution is -0.121. The normalized spacial score (nSPS) is 14.5. The van der Waals surface area contributed by atoms with Crippen LogP contribution in [-0.4, -0.2) is 40.9 Å². The van der Waals surface area contributed by atoms with Gasteiger partial charge in [-0.25, -0.2) is 0 Å². The summed E-state index contributed by atoms with van der Waals surface area (Å²) in [5, 5.41) is 9.80. The number of nitrogens with zero attached hydrogens (tertiary/aromatic N) is 2. The molecule has 4 rings (SSSR count). The molecule has 1 fully saturated rings. The molecule has 2 N–H and O–H groups in total. The molecule has 0 unspecified atom stereocenters. The van der Waals surface area contributed by atoms with Crippen LogP contribution >= 0.6 is 11.3 Å². The number of anilines is 2. The number of carbonyl (C=O) groups is 3. The molecule has 3 aromatic heterocycles. The van der Waals surface area contributed by atoms with Crippen LogP contribution in [0, 0.1) is 12.8 Å². The van der Waals surface area contributed by atoms with Gasteiger partial charge in [0.15, 0.2) is 11.6 Å². The van der Waals surface area contributed by atoms with Crippen LogP contribution < -0.4 is 10.6 Å². The molecule has 3 aromatic rings. The molecule has 30 heavy (non-hydrogen) atoms. The number of hydrogen-bond donors (Lipinski definition) is 2. The van der Waals surface area contributed by atoms with Gasteiger partial charge in [0, 0.05) is 25.1 Å². The van der Waals surface area contributed by atoms with Crippen LogP contribution in [0.2, 0.25) is 0 Å². The van der Waals surface area contributed by atoms with Gasteiger partial charge in [-0.05, 0) is 44.0 Å². The molecule has 0 aromatic carbocycles. The number of aromatic nitrogens is 1. The zero-order chi connectivity index (χ0) is 21.1. The zero-order valence-corrected chi connectivity index (χ0v) is 17.0. The second-order valence-corrected chi connectivity index (χ2v) is 8.06. The van der Waals surface area contributed by atoms with Gasteiger partial charge >= 0.3 is 0 Å². The fourth-order valence-electron chi connectivity index (χ4n) is 3.26. The van der Waals surface area contributed by atoms with Crippen molar-refractivity contribution in [1.82, 2.24) is 10.1 Å². The number of aryl methyl sites for hydroxylation is 1. The first-order valence-corrected chi connectivity index (χ1v) is 10.3. The molecule has 0 radical (unpaired) electrons. The number of thiophene rings is 1. The van der Waals surface area contributed by atoms with Crippen molar-refractivity contribution in [3.8, 4) is 0 Å². The van der Waals surface area contributed by atoms with Crippen LogP contribution in [0.5, 0.6) is 0 Å². The quantitative estimate of drug-likeness (QED) is 0.643. The van der Waals surface area contributed by atoms with E-state index in [-0.39, 0.29) is 29.4 Å². The Labute approximate surface area is 176 Å². The standard InChI is InChI=1S/C20H20N4O5S/c1-12-11-16(23-29-12)21-18(25)13-6-8-24(9-7-13)20(27)15-4-5-17(30-15)22-19(26)14-3-2-10-28-14/h2-5,10-11,13H,6-9H2,1H3,(H,22,26)(H,21,23,25). The fraction of sp³-hybridized carbons (Fsp3) is 0.300. The van der Waals surface area contributed by atoms with Gasteiger partial charge in [0.05, 0.1) is 16.1 Å². The average Bonchev–Trinajstić information content (AvgIpc) is 3.50. The van der Waals surface area contributed by atoms with Gasteiger partial charge < -0.3 is 24.5 Å². The first-order chi connectivity index (χ1) is 14.5. The summed E-state index contributed by atoms with van der Waals surface area (Å²) < 4.78 is 10.0. The molecule has 0 aliphatic carbocycles. The van der Waals surface area contributed by atoms with Gasteiger partial charge in [0.2, 0.25) is 5.91 Å². The minimum Gasteiger partial charge on any atom is -0.459 e. The van der Waals surface area contributed by atoms with E-state index in [4.69, 9.17) is 8.94 Å². The second-order valence-electron chi connectivity index (χ2n) is 6.97. The number of furan rings is 1. The molecule has 0 saturated carbocycles. The SMILES string of the molecule is Cc1cc(NC(=O)C2CCN(C(=O)c3ccc(NC(=O)c4ccco4)s3)CC2)no1. The summed E-state index contributed by atoms with van der Waals surface area (Å²) in [6, 6.07) is 8.25. The first kappa shape index (κ1) is 19.9. The predicted molar refractivity (Wildman–Crippen MR) is 109 cm³/mol. The largest absolute Gasteiger partial charge is 0.459 e. The molecule has 10 heteroatoms. The molecule has 1 aliphatic heterocycles. The first-order valence-electron chi connectivity index (χ1n) is 9.48. The van der Waals surface area contributed by atoms with Gasteiger partial charge in [-0.2, -0.15) is 0 Å². The Balaban J connectivity index is 1.29. The summed E-state index contributed by atoms with van der Waals surface area (Å²) in [4.78, 5) is 39.5. The summed E-state index contributed by atoms with van der Waals surface area (Å²) in [7, 11) is 0. The molecule has 3 amide bonds. The van der Waals surface area contributed by atoms with E-state index in [2.05, 4.69) is 15.8 Å². The summed E-state index contributed by atoms with van der Waals surface area (Å²) in [5.74, 6) is 0.462. The number of hydrogen-bond acceptors (Lipinski definition) is 7. The molecular weight excluding hydrogens is 408 g/mol. The Kier molecular flexibility index (Phi) is 5.66. The average molecular weight is 428 g/mol. The Hall–Kier alpha value is -3.40. The predicted octanol–water partition coefficient (Wildman–Crippen LogP) is 3.38. The third-order valence-electron chi connectivity index (χ3n) is 4.83. The lowest BCUT2D eigenvalue weighted by Gasteiger charge is -2.30. The van der Waals surface area contributed by atoms with Crippen molar-refractivity contribution >= 4 is 39.9 Å². The number of piperidine rings is 1. The number of likely N-dealkylation sites (tertiary alicyclic amines) is 1. The molecule has 0 spiro atoms. The number of amides is 3. The number of nitrogens with one attached hydrogen (secondary N) is 2. The van der Waals surface area contributed by atoms with Crippen molar-refractivity contribution in [3.05, 3.63) is 53.0 Å².